The Kier molecular flexibility index (Phi) is 13.0. The highest BCUT2D eigenvalue weighted by Gasteiger charge is 2.29. The SMILES string of the molecule is CC(C)(C)OC(=O)N1CCC[C@H](CCCn2c(COc3ccc(Cl)cc3)nc3c(OCCC[C@H]4CCCN(C(=O)OC(C)(C)C)C4)cccc32)C1. The number of rotatable bonds is 12. The van der Waals surface area contributed by atoms with Crippen molar-refractivity contribution >= 4 is 34.8 Å². The number of aryl methyl sites for hydroxylation is 1. The highest BCUT2D eigenvalue weighted by atomic mass is 35.5. The van der Waals surface area contributed by atoms with E-state index in [1.807, 2.05) is 87.7 Å². The summed E-state index contributed by atoms with van der Waals surface area (Å²) in [5.74, 6) is 3.18. The Labute approximate surface area is 308 Å². The summed E-state index contributed by atoms with van der Waals surface area (Å²) in [5.41, 5.74) is 0.852. The Hall–Kier alpha value is -3.66. The van der Waals surface area contributed by atoms with Gasteiger partial charge in [-0.3, -0.25) is 0 Å². The molecule has 3 aromatic rings. The molecule has 1 aromatic heterocycles. The Bertz CT molecular complexity index is 1600. The van der Waals surface area contributed by atoms with Crippen molar-refractivity contribution in [2.24, 2.45) is 11.8 Å². The third-order valence-corrected chi connectivity index (χ3v) is 9.60. The lowest BCUT2D eigenvalue weighted by molar-refractivity contribution is 0.0150. The van der Waals surface area contributed by atoms with E-state index in [1.54, 1.807) is 0 Å². The zero-order valence-corrected chi connectivity index (χ0v) is 32.2. The number of fused-ring (bicyclic) bond motifs is 1. The summed E-state index contributed by atoms with van der Waals surface area (Å²) in [6.45, 7) is 16.1. The third kappa shape index (κ3) is 11.7. The van der Waals surface area contributed by atoms with Crippen LogP contribution in [0.3, 0.4) is 0 Å². The smallest absolute Gasteiger partial charge is 0.410 e. The molecule has 10 nitrogen and oxygen atoms in total. The van der Waals surface area contributed by atoms with Crippen molar-refractivity contribution in [2.45, 2.75) is 117 Å². The molecule has 2 aliphatic heterocycles. The van der Waals surface area contributed by atoms with Crippen LogP contribution in [0.2, 0.25) is 5.02 Å². The van der Waals surface area contributed by atoms with Gasteiger partial charge >= 0.3 is 12.2 Å². The monoisotopic (exact) mass is 724 g/mol. The van der Waals surface area contributed by atoms with E-state index >= 15 is 0 Å². The van der Waals surface area contributed by atoms with E-state index in [9.17, 15) is 9.59 Å². The average Bonchev–Trinajstić information content (AvgIpc) is 3.43. The number of ether oxygens (including phenoxy) is 4. The van der Waals surface area contributed by atoms with Gasteiger partial charge in [-0.05, 0) is 141 Å². The van der Waals surface area contributed by atoms with Gasteiger partial charge < -0.3 is 33.3 Å². The molecule has 0 saturated carbocycles. The zero-order chi connectivity index (χ0) is 36.6. The van der Waals surface area contributed by atoms with Gasteiger partial charge in [0.1, 0.15) is 40.6 Å². The summed E-state index contributed by atoms with van der Waals surface area (Å²) in [5, 5.41) is 0.660. The number of para-hydroxylation sites is 1. The van der Waals surface area contributed by atoms with Gasteiger partial charge in [-0.15, -0.1) is 0 Å². The van der Waals surface area contributed by atoms with Gasteiger partial charge in [-0.1, -0.05) is 17.7 Å². The molecule has 280 valence electrons. The Morgan fingerprint density at radius 2 is 1.39 bits per heavy atom. The molecule has 51 heavy (non-hydrogen) atoms. The van der Waals surface area contributed by atoms with E-state index in [0.717, 1.165) is 112 Å². The molecule has 0 aliphatic carbocycles. The van der Waals surface area contributed by atoms with Crippen LogP contribution in [-0.4, -0.2) is 75.5 Å². The molecule has 2 saturated heterocycles. The average molecular weight is 725 g/mol. The second-order valence-corrected chi connectivity index (χ2v) is 16.5. The van der Waals surface area contributed by atoms with Crippen LogP contribution in [0.1, 0.15) is 98.7 Å². The first-order valence-electron chi connectivity index (χ1n) is 18.7. The number of benzene rings is 2. The fourth-order valence-corrected chi connectivity index (χ4v) is 7.13. The molecular formula is C40H57ClN4O6. The van der Waals surface area contributed by atoms with Gasteiger partial charge in [-0.25, -0.2) is 14.6 Å². The van der Waals surface area contributed by atoms with E-state index in [-0.39, 0.29) is 12.2 Å². The summed E-state index contributed by atoms with van der Waals surface area (Å²) >= 11 is 6.10. The van der Waals surface area contributed by atoms with Gasteiger partial charge in [0.25, 0.3) is 0 Å². The maximum absolute atomic E-state index is 12.7. The number of amides is 2. The molecular weight excluding hydrogens is 668 g/mol. The summed E-state index contributed by atoms with van der Waals surface area (Å²) in [7, 11) is 0. The number of carbonyl (C=O) groups excluding carboxylic acids is 2. The van der Waals surface area contributed by atoms with Crippen molar-refractivity contribution in [1.29, 1.82) is 0 Å². The Balaban J connectivity index is 1.21. The van der Waals surface area contributed by atoms with Crippen LogP contribution in [-0.2, 0) is 22.6 Å². The van der Waals surface area contributed by atoms with E-state index in [4.69, 9.17) is 35.5 Å². The Morgan fingerprint density at radius 1 is 0.804 bits per heavy atom. The Morgan fingerprint density at radius 3 is 1.98 bits per heavy atom. The van der Waals surface area contributed by atoms with Crippen LogP contribution in [0.25, 0.3) is 11.0 Å². The number of likely N-dealkylation sites (tertiary alicyclic amines) is 2. The number of halogens is 1. The summed E-state index contributed by atoms with van der Waals surface area (Å²) in [4.78, 5) is 34.2. The third-order valence-electron chi connectivity index (χ3n) is 9.35. The fraction of sp³-hybridized carbons (Fsp3) is 0.625. The van der Waals surface area contributed by atoms with Crippen molar-refractivity contribution in [1.82, 2.24) is 19.4 Å². The molecule has 0 N–H and O–H groups in total. The quantitative estimate of drug-likeness (QED) is 0.172. The van der Waals surface area contributed by atoms with Crippen molar-refractivity contribution in [3.8, 4) is 11.5 Å². The van der Waals surface area contributed by atoms with Gasteiger partial charge in [0.2, 0.25) is 0 Å². The predicted molar refractivity (Wildman–Crippen MR) is 201 cm³/mol. The summed E-state index contributed by atoms with van der Waals surface area (Å²) in [6.07, 6.45) is 7.57. The van der Waals surface area contributed by atoms with Crippen molar-refractivity contribution in [3.63, 3.8) is 0 Å². The van der Waals surface area contributed by atoms with Gasteiger partial charge in [-0.2, -0.15) is 0 Å². The molecule has 2 aromatic carbocycles. The van der Waals surface area contributed by atoms with Crippen LogP contribution in [0.4, 0.5) is 9.59 Å². The molecule has 2 fully saturated rings. The molecule has 3 heterocycles. The number of piperidine rings is 2. The number of carbonyl (C=O) groups is 2. The lowest BCUT2D eigenvalue weighted by Gasteiger charge is -2.34. The van der Waals surface area contributed by atoms with Crippen LogP contribution < -0.4 is 9.47 Å². The first kappa shape index (κ1) is 38.6. The summed E-state index contributed by atoms with van der Waals surface area (Å²) < 4.78 is 26.1. The van der Waals surface area contributed by atoms with Gasteiger partial charge in [0, 0.05) is 37.7 Å². The van der Waals surface area contributed by atoms with Crippen molar-refractivity contribution < 1.29 is 28.5 Å². The second-order valence-electron chi connectivity index (χ2n) is 16.0. The molecule has 0 bridgehead atoms. The molecule has 0 unspecified atom stereocenters. The summed E-state index contributed by atoms with van der Waals surface area (Å²) in [6, 6.07) is 13.5. The number of aromatic nitrogens is 2. The maximum atomic E-state index is 12.7. The number of nitrogens with zero attached hydrogens (tertiary/aromatic N) is 4. The van der Waals surface area contributed by atoms with Crippen LogP contribution in [0.5, 0.6) is 11.5 Å². The molecule has 0 spiro atoms. The molecule has 5 rings (SSSR count). The first-order valence-corrected chi connectivity index (χ1v) is 19.1. The standard InChI is InChI=1S/C40H57ClN4O6/c1-39(2,3)50-37(46)43-22-8-12-29(26-43)14-10-24-45-33-16-7-17-34(36(33)42-35(45)28-49-32-20-18-31(41)19-21-32)48-25-11-15-30-13-9-23-44(27-30)38(47)51-40(4,5)6/h7,16-21,29-30H,8-15,22-28H2,1-6H3/t29-,30-/m1/s1. The van der Waals surface area contributed by atoms with E-state index in [2.05, 4.69) is 10.6 Å². The second kappa shape index (κ2) is 17.2. The fourth-order valence-electron chi connectivity index (χ4n) is 7.00. The van der Waals surface area contributed by atoms with E-state index in [1.165, 1.54) is 0 Å². The van der Waals surface area contributed by atoms with E-state index < -0.39 is 11.2 Å². The minimum atomic E-state index is -0.500. The number of imidazole rings is 1. The minimum absolute atomic E-state index is 0.219. The molecule has 2 atom stereocenters. The highest BCUT2D eigenvalue weighted by molar-refractivity contribution is 6.30. The predicted octanol–water partition coefficient (Wildman–Crippen LogP) is 9.50. The number of hydrogen-bond acceptors (Lipinski definition) is 7. The topological polar surface area (TPSA) is 95.4 Å². The maximum Gasteiger partial charge on any atom is 0.410 e. The van der Waals surface area contributed by atoms with E-state index in [0.29, 0.717) is 30.1 Å². The molecule has 2 aliphatic rings. The molecule has 0 radical (unpaired) electrons. The lowest BCUT2D eigenvalue weighted by atomic mass is 9.93. The highest BCUT2D eigenvalue weighted by Crippen LogP contribution is 2.30. The van der Waals surface area contributed by atoms with Crippen molar-refractivity contribution in [2.75, 3.05) is 32.8 Å². The minimum Gasteiger partial charge on any atom is -0.491 e. The van der Waals surface area contributed by atoms with Crippen molar-refractivity contribution in [3.05, 3.63) is 53.3 Å². The zero-order valence-electron chi connectivity index (χ0n) is 31.4. The molecule has 2 amide bonds. The van der Waals surface area contributed by atoms with Crippen LogP contribution in [0, 0.1) is 11.8 Å². The lowest BCUT2D eigenvalue weighted by Crippen LogP contribution is -2.42. The van der Waals surface area contributed by atoms with Crippen LogP contribution >= 0.6 is 11.6 Å². The molecule has 11 heteroatoms. The van der Waals surface area contributed by atoms with Gasteiger partial charge in [0.15, 0.2) is 0 Å². The first-order chi connectivity index (χ1) is 24.2. The van der Waals surface area contributed by atoms with Crippen LogP contribution in [0.15, 0.2) is 42.5 Å². The normalized spacial score (nSPS) is 18.5. The van der Waals surface area contributed by atoms with Gasteiger partial charge in [0.05, 0.1) is 12.1 Å². The number of hydrogen-bond donors (Lipinski definition) is 0. The largest absolute Gasteiger partial charge is 0.491 e.